The normalized spacial score (nSPS) is 16.9. The van der Waals surface area contributed by atoms with Gasteiger partial charge in [-0.1, -0.05) is 58.0 Å². The van der Waals surface area contributed by atoms with Crippen LogP contribution in [0.3, 0.4) is 0 Å². The molecule has 0 saturated carbocycles. The number of nitrogens with one attached hydrogen (secondary N) is 5. The van der Waals surface area contributed by atoms with Crippen molar-refractivity contribution in [2.45, 2.75) is 106 Å². The zero-order chi connectivity index (χ0) is 65.4. The van der Waals surface area contributed by atoms with Gasteiger partial charge in [-0.25, -0.2) is 0 Å². The number of carbonyl (C=O) groups excluding carboxylic acids is 7. The highest BCUT2D eigenvalue weighted by molar-refractivity contribution is 8.77. The summed E-state index contributed by atoms with van der Waals surface area (Å²) in [5, 5.41) is 10.1. The molecule has 5 N–H and O–H groups in total. The van der Waals surface area contributed by atoms with Crippen molar-refractivity contribution in [3.8, 4) is 23.0 Å². The molecule has 0 aromatic heterocycles. The number of anilines is 3. The standard InChI is InChI=1S/C63H73N7O17S4/c1-63(2,89-88-21-19-54(60(75)64-3)90(78,79)84-6)20-18-56(71)65-32-57(72)66-33-58(73)67-34-59(74)68-43-23-37(35-86-52-27-39-16-17-44-25-40-12-8-10-14-47(40)69(44)61(76)45(39)30-50(52)82-4)22-38(24-43)36-87-53-28-42-29-55(91(80,81)85-7)49-26-41-13-9-11-15-48(41)70(49)62(77)46(42)31-51(53)83-5/h8-15,22-24,27-28,30-31,44,49,54-55H,16-21,25-26,29,32-36H2,1-7H3,(H,64,75)(H,65,71)(H,66,72)(H,67,73)(H,68,74)/t44-,49+,54?,55?/m1/s1. The fourth-order valence-electron chi connectivity index (χ4n) is 11.6. The van der Waals surface area contributed by atoms with Crippen LogP contribution in [0, 0.1) is 0 Å². The third-order valence-electron chi connectivity index (χ3n) is 16.2. The Hall–Kier alpha value is -7.89. The number of nitrogens with zero attached hydrogens (tertiary/aromatic N) is 2. The van der Waals surface area contributed by atoms with Crippen molar-refractivity contribution in [2.75, 3.05) is 76.0 Å². The molecule has 4 aliphatic heterocycles. The van der Waals surface area contributed by atoms with E-state index in [0.29, 0.717) is 64.5 Å². The van der Waals surface area contributed by atoms with Crippen molar-refractivity contribution >= 4 is 100 Å². The smallest absolute Gasteiger partial charge is 0.279 e. The highest BCUT2D eigenvalue weighted by Crippen LogP contribution is 2.45. The summed E-state index contributed by atoms with van der Waals surface area (Å²) < 4.78 is 85.4. The monoisotopic (exact) mass is 1330 g/mol. The van der Waals surface area contributed by atoms with Crippen molar-refractivity contribution in [1.29, 1.82) is 0 Å². The molecule has 0 aliphatic carbocycles. The van der Waals surface area contributed by atoms with Gasteiger partial charge in [0.15, 0.2) is 28.2 Å². The molecule has 28 heteroatoms. The average molecular weight is 1330 g/mol. The molecule has 91 heavy (non-hydrogen) atoms. The molecule has 24 nitrogen and oxygen atoms in total. The van der Waals surface area contributed by atoms with Crippen LogP contribution in [0.5, 0.6) is 23.0 Å². The summed E-state index contributed by atoms with van der Waals surface area (Å²) >= 11 is 0. The lowest BCUT2D eigenvalue weighted by Crippen LogP contribution is -2.47. The molecule has 5 aromatic carbocycles. The van der Waals surface area contributed by atoms with Crippen molar-refractivity contribution in [3.63, 3.8) is 0 Å². The molecule has 0 bridgehead atoms. The molecular formula is C63H73N7O17S4. The molecule has 7 amide bonds. The Labute approximate surface area is 536 Å². The van der Waals surface area contributed by atoms with Gasteiger partial charge in [0.25, 0.3) is 32.1 Å². The Balaban J connectivity index is 0.848. The van der Waals surface area contributed by atoms with Gasteiger partial charge in [-0.05, 0) is 147 Å². The number of para-hydroxylation sites is 2. The summed E-state index contributed by atoms with van der Waals surface area (Å²) in [6, 6.07) is 26.2. The lowest BCUT2D eigenvalue weighted by Gasteiger charge is -2.28. The minimum absolute atomic E-state index is 0.00137. The van der Waals surface area contributed by atoms with Crippen LogP contribution in [-0.2, 0) is 91.5 Å². The third kappa shape index (κ3) is 15.9. The molecule has 0 fully saturated rings. The number of rotatable bonds is 28. The Morgan fingerprint density at radius 3 is 1.78 bits per heavy atom. The largest absolute Gasteiger partial charge is 0.493 e. The first-order valence-electron chi connectivity index (χ1n) is 29.3. The fraction of sp³-hybridized carbons (Fsp3) is 0.413. The zero-order valence-electron chi connectivity index (χ0n) is 51.3. The predicted octanol–water partition coefficient (Wildman–Crippen LogP) is 5.56. The van der Waals surface area contributed by atoms with Gasteiger partial charge in [0, 0.05) is 58.2 Å². The first-order chi connectivity index (χ1) is 43.5. The second-order valence-electron chi connectivity index (χ2n) is 22.7. The SMILES string of the molecule is CNC(=O)C(CCSSC(C)(C)CCC(=O)NCC(=O)NCC(=O)NCC(=O)Nc1cc(COc2cc3c(cc2OC)C(=O)N2c4ccccc4C[C@H]2CC3)cc(COc2cc3c(cc2OC)C(=O)N2c4ccccc4C[C@H]2C(S(=O)(=O)OC)C3)c1)S(=O)(=O)OC. The second-order valence-corrected chi connectivity index (χ2v) is 29.6. The van der Waals surface area contributed by atoms with Crippen LogP contribution in [0.1, 0.15) is 93.6 Å². The highest BCUT2D eigenvalue weighted by atomic mass is 33.1. The molecule has 4 heterocycles. The van der Waals surface area contributed by atoms with Crippen LogP contribution in [0.15, 0.2) is 91.0 Å². The Morgan fingerprint density at radius 1 is 0.637 bits per heavy atom. The van der Waals surface area contributed by atoms with E-state index >= 15 is 0 Å². The lowest BCUT2D eigenvalue weighted by atomic mass is 9.99. The van der Waals surface area contributed by atoms with E-state index in [1.807, 2.05) is 61.2 Å². The number of fused-ring (bicyclic) bond motifs is 8. The second kappa shape index (κ2) is 29.2. The molecule has 0 saturated heterocycles. The number of benzene rings is 5. The average Bonchev–Trinajstić information content (AvgIpc) is 1.61. The summed E-state index contributed by atoms with van der Waals surface area (Å²) in [7, 11) is 0.859. The molecule has 9 rings (SSSR count). The molecule has 4 aliphatic rings. The molecule has 2 unspecified atom stereocenters. The Bertz CT molecular complexity index is 3870. The quantitative estimate of drug-likeness (QED) is 0.0232. The van der Waals surface area contributed by atoms with Crippen molar-refractivity contribution in [2.24, 2.45) is 0 Å². The van der Waals surface area contributed by atoms with Gasteiger partial charge in [0.05, 0.1) is 54.1 Å². The summed E-state index contributed by atoms with van der Waals surface area (Å²) in [6.07, 6.45) is 2.79. The third-order valence-corrected chi connectivity index (χ3v) is 22.9. The Kier molecular flexibility index (Phi) is 21.6. The van der Waals surface area contributed by atoms with E-state index in [1.165, 1.54) is 53.8 Å². The maximum Gasteiger partial charge on any atom is 0.279 e. The van der Waals surface area contributed by atoms with Gasteiger partial charge in [-0.3, -0.25) is 41.9 Å². The van der Waals surface area contributed by atoms with Gasteiger partial charge >= 0.3 is 0 Å². The van der Waals surface area contributed by atoms with Gasteiger partial charge < -0.3 is 55.3 Å². The summed E-state index contributed by atoms with van der Waals surface area (Å²) in [4.78, 5) is 96.1. The predicted molar refractivity (Wildman–Crippen MR) is 344 cm³/mol. The topological polar surface area (TPSA) is 310 Å². The van der Waals surface area contributed by atoms with E-state index in [0.717, 1.165) is 49.4 Å². The first-order valence-corrected chi connectivity index (χ1v) is 34.6. The number of amides is 7. The van der Waals surface area contributed by atoms with Crippen LogP contribution < -0.4 is 55.3 Å². The van der Waals surface area contributed by atoms with Crippen LogP contribution >= 0.6 is 21.6 Å². The molecule has 0 spiro atoms. The van der Waals surface area contributed by atoms with Crippen molar-refractivity contribution in [1.82, 2.24) is 21.3 Å². The van der Waals surface area contributed by atoms with E-state index in [-0.39, 0.29) is 67.2 Å². The molecule has 4 atom stereocenters. The van der Waals surface area contributed by atoms with Crippen LogP contribution in [0.25, 0.3) is 0 Å². The summed E-state index contributed by atoms with van der Waals surface area (Å²) in [6.45, 7) is 2.16. The summed E-state index contributed by atoms with van der Waals surface area (Å²) in [5.41, 5.74) is 6.78. The molecule has 5 aromatic rings. The van der Waals surface area contributed by atoms with E-state index in [2.05, 4.69) is 30.8 Å². The van der Waals surface area contributed by atoms with Crippen molar-refractivity contribution in [3.05, 3.63) is 136 Å². The number of methoxy groups -OCH3 is 2. The van der Waals surface area contributed by atoms with Gasteiger partial charge in [-0.15, -0.1) is 0 Å². The number of ether oxygens (including phenoxy) is 4. The van der Waals surface area contributed by atoms with E-state index in [9.17, 15) is 50.4 Å². The minimum Gasteiger partial charge on any atom is -0.493 e. The fourth-order valence-corrected chi connectivity index (χ4v) is 16.7. The van der Waals surface area contributed by atoms with E-state index in [4.69, 9.17) is 23.1 Å². The maximum atomic E-state index is 14.5. The molecule has 0 radical (unpaired) electrons. The number of hydrogen-bond donors (Lipinski definition) is 5. The van der Waals surface area contributed by atoms with Gasteiger partial charge in [0.1, 0.15) is 18.5 Å². The van der Waals surface area contributed by atoms with Crippen LogP contribution in [0.2, 0.25) is 0 Å². The minimum atomic E-state index is -4.18. The van der Waals surface area contributed by atoms with E-state index < -0.39 is 96.6 Å². The summed E-state index contributed by atoms with van der Waals surface area (Å²) in [5.74, 6) is -2.19. The van der Waals surface area contributed by atoms with Crippen molar-refractivity contribution < 1.29 is 77.7 Å². The van der Waals surface area contributed by atoms with Gasteiger partial charge in [-0.2, -0.15) is 16.8 Å². The van der Waals surface area contributed by atoms with E-state index in [1.54, 1.807) is 42.5 Å². The highest BCUT2D eigenvalue weighted by Gasteiger charge is 2.48. The zero-order valence-corrected chi connectivity index (χ0v) is 54.6. The molecular weight excluding hydrogens is 1250 g/mol. The molecule has 486 valence electrons. The maximum absolute atomic E-state index is 14.5. The van der Waals surface area contributed by atoms with Gasteiger partial charge in [0.2, 0.25) is 29.5 Å². The number of hydrogen-bond acceptors (Lipinski definition) is 19. The van der Waals surface area contributed by atoms with Crippen LogP contribution in [0.4, 0.5) is 17.1 Å². The first kappa shape index (κ1) is 67.5. The number of aryl methyl sites for hydroxylation is 1. The lowest BCUT2D eigenvalue weighted by molar-refractivity contribution is -0.128. The number of carbonyl (C=O) groups is 7. The van der Waals surface area contributed by atoms with Crippen LogP contribution in [-0.4, -0.2) is 146 Å². The Morgan fingerprint density at radius 2 is 1.19 bits per heavy atom.